The molecule has 27 heavy (non-hydrogen) atoms. The highest BCUT2D eigenvalue weighted by molar-refractivity contribution is 6.05. The summed E-state index contributed by atoms with van der Waals surface area (Å²) in [6.07, 6.45) is -0.823. The van der Waals surface area contributed by atoms with E-state index in [9.17, 15) is 4.79 Å². The molecule has 0 spiro atoms. The molecule has 0 aliphatic heterocycles. The number of carbonyl (C=O) groups is 1. The molecule has 0 saturated carbocycles. The number of rotatable bonds is 4. The fraction of sp³-hybridized carbons (Fsp3) is 0.0909. The van der Waals surface area contributed by atoms with Crippen LogP contribution >= 0.6 is 0 Å². The molecule has 0 bridgehead atoms. The Labute approximate surface area is 155 Å². The van der Waals surface area contributed by atoms with Gasteiger partial charge >= 0.3 is 5.97 Å². The van der Waals surface area contributed by atoms with Gasteiger partial charge in [0.05, 0.1) is 11.6 Å². The summed E-state index contributed by atoms with van der Waals surface area (Å²) in [7, 11) is 0. The minimum Gasteiger partial charge on any atom is -0.479 e. The van der Waals surface area contributed by atoms with Crippen molar-refractivity contribution in [3.63, 3.8) is 0 Å². The molecular formula is C22H15NO4. The summed E-state index contributed by atoms with van der Waals surface area (Å²) in [6, 6.07) is 21.6. The molecule has 5 heteroatoms. The van der Waals surface area contributed by atoms with Crippen LogP contribution in [-0.2, 0) is 4.79 Å². The molecule has 132 valence electrons. The summed E-state index contributed by atoms with van der Waals surface area (Å²) in [5.74, 6) is 0.333. The average Bonchev–Trinajstić information content (AvgIpc) is 3.06. The SMILES string of the molecule is CC(Oc1cccc(C#N)c1)C(=O)Oc1ccc2oc3ccccc3c2c1. The molecule has 1 heterocycles. The predicted molar refractivity (Wildman–Crippen MR) is 101 cm³/mol. The summed E-state index contributed by atoms with van der Waals surface area (Å²) in [5, 5.41) is 10.8. The molecule has 0 N–H and O–H groups in total. The molecule has 5 nitrogen and oxygen atoms in total. The first kappa shape index (κ1) is 16.7. The van der Waals surface area contributed by atoms with Crippen molar-refractivity contribution in [3.05, 3.63) is 72.3 Å². The quantitative estimate of drug-likeness (QED) is 0.386. The molecule has 4 aromatic rings. The van der Waals surface area contributed by atoms with E-state index in [4.69, 9.17) is 19.2 Å². The minimum absolute atomic E-state index is 0.417. The third kappa shape index (κ3) is 3.33. The normalized spacial score (nSPS) is 11.9. The molecule has 0 fully saturated rings. The van der Waals surface area contributed by atoms with E-state index in [2.05, 4.69) is 0 Å². The Morgan fingerprint density at radius 1 is 0.963 bits per heavy atom. The second-order valence-electron chi connectivity index (χ2n) is 6.08. The zero-order valence-electron chi connectivity index (χ0n) is 14.5. The van der Waals surface area contributed by atoms with Crippen molar-refractivity contribution < 1.29 is 18.7 Å². The fourth-order valence-corrected chi connectivity index (χ4v) is 2.86. The van der Waals surface area contributed by atoms with Gasteiger partial charge < -0.3 is 13.9 Å². The van der Waals surface area contributed by atoms with E-state index >= 15 is 0 Å². The minimum atomic E-state index is -0.823. The van der Waals surface area contributed by atoms with Crippen molar-refractivity contribution >= 4 is 27.9 Å². The third-order valence-corrected chi connectivity index (χ3v) is 4.17. The lowest BCUT2D eigenvalue weighted by molar-refractivity contribution is -0.141. The van der Waals surface area contributed by atoms with E-state index in [0.717, 1.165) is 21.9 Å². The molecule has 0 aliphatic rings. The van der Waals surface area contributed by atoms with Crippen LogP contribution in [0.2, 0.25) is 0 Å². The lowest BCUT2D eigenvalue weighted by Crippen LogP contribution is -2.28. The first-order chi connectivity index (χ1) is 13.1. The highest BCUT2D eigenvalue weighted by atomic mass is 16.6. The number of hydrogen-bond donors (Lipinski definition) is 0. The topological polar surface area (TPSA) is 72.5 Å². The number of benzene rings is 3. The Bertz CT molecular complexity index is 1190. The number of para-hydroxylation sites is 1. The Balaban J connectivity index is 1.53. The number of nitriles is 1. The van der Waals surface area contributed by atoms with E-state index in [1.807, 2.05) is 30.3 Å². The smallest absolute Gasteiger partial charge is 0.352 e. The fourth-order valence-electron chi connectivity index (χ4n) is 2.86. The van der Waals surface area contributed by atoms with Crippen LogP contribution in [0.25, 0.3) is 21.9 Å². The monoisotopic (exact) mass is 357 g/mol. The van der Waals surface area contributed by atoms with Gasteiger partial charge in [-0.1, -0.05) is 24.3 Å². The first-order valence-corrected chi connectivity index (χ1v) is 8.44. The number of nitrogens with zero attached hydrogens (tertiary/aromatic N) is 1. The van der Waals surface area contributed by atoms with Crippen LogP contribution in [0.15, 0.2) is 71.1 Å². The Morgan fingerprint density at radius 2 is 1.78 bits per heavy atom. The highest BCUT2D eigenvalue weighted by Crippen LogP contribution is 2.31. The van der Waals surface area contributed by atoms with Crippen LogP contribution in [0.5, 0.6) is 11.5 Å². The van der Waals surface area contributed by atoms with Gasteiger partial charge in [0, 0.05) is 10.8 Å². The van der Waals surface area contributed by atoms with Gasteiger partial charge in [0.1, 0.15) is 22.7 Å². The van der Waals surface area contributed by atoms with Crippen LogP contribution in [0.3, 0.4) is 0 Å². The number of carbonyl (C=O) groups excluding carboxylic acids is 1. The highest BCUT2D eigenvalue weighted by Gasteiger charge is 2.18. The Kier molecular flexibility index (Phi) is 4.23. The summed E-state index contributed by atoms with van der Waals surface area (Å²) in [5.41, 5.74) is 1.98. The van der Waals surface area contributed by atoms with Crippen LogP contribution < -0.4 is 9.47 Å². The number of esters is 1. The van der Waals surface area contributed by atoms with E-state index < -0.39 is 12.1 Å². The second-order valence-corrected chi connectivity index (χ2v) is 6.08. The van der Waals surface area contributed by atoms with Gasteiger partial charge in [-0.3, -0.25) is 0 Å². The Morgan fingerprint density at radius 3 is 2.63 bits per heavy atom. The third-order valence-electron chi connectivity index (χ3n) is 4.17. The number of hydrogen-bond acceptors (Lipinski definition) is 5. The van der Waals surface area contributed by atoms with Gasteiger partial charge in [-0.15, -0.1) is 0 Å². The van der Waals surface area contributed by atoms with Gasteiger partial charge in [-0.2, -0.15) is 5.26 Å². The number of ether oxygens (including phenoxy) is 2. The molecule has 1 atom stereocenters. The summed E-state index contributed by atoms with van der Waals surface area (Å²) in [6.45, 7) is 1.60. The zero-order chi connectivity index (χ0) is 18.8. The predicted octanol–water partition coefficient (Wildman–Crippen LogP) is 4.83. The van der Waals surface area contributed by atoms with E-state index in [0.29, 0.717) is 17.1 Å². The molecule has 0 aliphatic carbocycles. The summed E-state index contributed by atoms with van der Waals surface area (Å²) >= 11 is 0. The van der Waals surface area contributed by atoms with Gasteiger partial charge in [-0.25, -0.2) is 4.79 Å². The lowest BCUT2D eigenvalue weighted by atomic mass is 10.1. The van der Waals surface area contributed by atoms with Crippen molar-refractivity contribution in [2.45, 2.75) is 13.0 Å². The van der Waals surface area contributed by atoms with Gasteiger partial charge in [0.2, 0.25) is 0 Å². The molecule has 0 radical (unpaired) electrons. The molecular weight excluding hydrogens is 342 g/mol. The van der Waals surface area contributed by atoms with E-state index in [1.54, 1.807) is 49.4 Å². The molecule has 3 aromatic carbocycles. The maximum atomic E-state index is 12.4. The molecule has 1 aromatic heterocycles. The Hall–Kier alpha value is -3.78. The molecule has 1 unspecified atom stereocenters. The van der Waals surface area contributed by atoms with Crippen LogP contribution in [-0.4, -0.2) is 12.1 Å². The van der Waals surface area contributed by atoms with Crippen molar-refractivity contribution in [1.82, 2.24) is 0 Å². The van der Waals surface area contributed by atoms with Gasteiger partial charge in [0.15, 0.2) is 6.10 Å². The van der Waals surface area contributed by atoms with Crippen molar-refractivity contribution in [2.24, 2.45) is 0 Å². The zero-order valence-corrected chi connectivity index (χ0v) is 14.5. The van der Waals surface area contributed by atoms with Crippen LogP contribution in [0, 0.1) is 11.3 Å². The first-order valence-electron chi connectivity index (χ1n) is 8.44. The van der Waals surface area contributed by atoms with Crippen molar-refractivity contribution in [1.29, 1.82) is 5.26 Å². The number of fused-ring (bicyclic) bond motifs is 3. The lowest BCUT2D eigenvalue weighted by Gasteiger charge is -2.14. The van der Waals surface area contributed by atoms with Crippen molar-refractivity contribution in [2.75, 3.05) is 0 Å². The van der Waals surface area contributed by atoms with Crippen molar-refractivity contribution in [3.8, 4) is 17.6 Å². The van der Waals surface area contributed by atoms with E-state index in [1.165, 1.54) is 0 Å². The summed E-state index contributed by atoms with van der Waals surface area (Å²) < 4.78 is 16.8. The van der Waals surface area contributed by atoms with Gasteiger partial charge in [-0.05, 0) is 49.4 Å². The molecule has 0 amide bonds. The summed E-state index contributed by atoms with van der Waals surface area (Å²) in [4.78, 5) is 12.4. The molecule has 0 saturated heterocycles. The second kappa shape index (κ2) is 6.85. The average molecular weight is 357 g/mol. The van der Waals surface area contributed by atoms with Gasteiger partial charge in [0.25, 0.3) is 0 Å². The number of furan rings is 1. The van der Waals surface area contributed by atoms with Crippen LogP contribution in [0.4, 0.5) is 0 Å². The van der Waals surface area contributed by atoms with Crippen LogP contribution in [0.1, 0.15) is 12.5 Å². The maximum absolute atomic E-state index is 12.4. The standard InChI is InChI=1S/C22H15NO4/c1-14(25-16-6-4-5-15(11-16)13-23)22(24)26-17-9-10-21-19(12-17)18-7-2-3-8-20(18)27-21/h2-12,14H,1H3. The molecule has 4 rings (SSSR count). The van der Waals surface area contributed by atoms with E-state index in [-0.39, 0.29) is 0 Å². The largest absolute Gasteiger partial charge is 0.479 e. The maximum Gasteiger partial charge on any atom is 0.352 e.